The Balaban J connectivity index is 1.51. The molecule has 2 nitrogen and oxygen atoms in total. The number of rotatable bonds is 8. The second kappa shape index (κ2) is 11.3. The molecule has 0 bridgehead atoms. The van der Waals surface area contributed by atoms with Gasteiger partial charge in [-0.1, -0.05) is 48.2 Å². The quantitative estimate of drug-likeness (QED) is 0.427. The fraction of sp³-hybridized carbons (Fsp3) is 0.357. The molecule has 0 unspecified atom stereocenters. The zero-order valence-corrected chi connectivity index (χ0v) is 20.0. The minimum absolute atomic E-state index is 0.0465. The van der Waals surface area contributed by atoms with Crippen LogP contribution in [0.3, 0.4) is 0 Å². The fourth-order valence-corrected chi connectivity index (χ4v) is 4.20. The van der Waals surface area contributed by atoms with Crippen LogP contribution in [0, 0.1) is 17.3 Å². The Morgan fingerprint density at radius 1 is 1.10 bits per heavy atom. The average Bonchev–Trinajstić information content (AvgIpc) is 3.27. The van der Waals surface area contributed by atoms with Crippen molar-refractivity contribution in [3.8, 4) is 17.6 Å². The maximum Gasteiger partial charge on any atom is 0.120 e. The van der Waals surface area contributed by atoms with Gasteiger partial charge < -0.3 is 4.74 Å². The molecule has 3 rings (SSSR count). The van der Waals surface area contributed by atoms with Gasteiger partial charge >= 0.3 is 0 Å². The second-order valence-corrected chi connectivity index (χ2v) is 10.00. The van der Waals surface area contributed by atoms with E-state index in [1.807, 2.05) is 23.9 Å². The average molecular weight is 432 g/mol. The van der Waals surface area contributed by atoms with Crippen molar-refractivity contribution in [1.82, 2.24) is 4.90 Å². The van der Waals surface area contributed by atoms with Crippen molar-refractivity contribution in [2.24, 2.45) is 5.41 Å². The van der Waals surface area contributed by atoms with Crippen LogP contribution < -0.4 is 4.74 Å². The molecule has 0 atom stereocenters. The van der Waals surface area contributed by atoms with E-state index in [4.69, 9.17) is 4.74 Å². The summed E-state index contributed by atoms with van der Waals surface area (Å²) >= 11 is 1.90. The topological polar surface area (TPSA) is 12.5 Å². The summed E-state index contributed by atoms with van der Waals surface area (Å²) in [7, 11) is 2.12. The maximum atomic E-state index is 6.10. The molecule has 2 aromatic rings. The molecule has 0 radical (unpaired) electrons. The molecule has 0 amide bonds. The number of benzene rings is 2. The first-order valence-electron chi connectivity index (χ1n) is 10.9. The van der Waals surface area contributed by atoms with Gasteiger partial charge in [-0.15, -0.1) is 11.8 Å². The van der Waals surface area contributed by atoms with Gasteiger partial charge in [0.2, 0.25) is 0 Å². The summed E-state index contributed by atoms with van der Waals surface area (Å²) < 4.78 is 6.10. The Bertz CT molecular complexity index is 988. The van der Waals surface area contributed by atoms with Gasteiger partial charge in [0.15, 0.2) is 0 Å². The SMILES string of the molecule is CN(C/C=C/C#CC(C)(C)C)Cc1cccc(OCc2cccc(C3=CSCC3)c2)c1. The number of thioether (sulfide) groups is 1. The smallest absolute Gasteiger partial charge is 0.120 e. The molecule has 0 aliphatic carbocycles. The van der Waals surface area contributed by atoms with Crippen LogP contribution in [0.1, 0.15) is 43.9 Å². The fourth-order valence-electron chi connectivity index (χ4n) is 3.29. The lowest BCUT2D eigenvalue weighted by atomic mass is 9.98. The van der Waals surface area contributed by atoms with Gasteiger partial charge in [-0.25, -0.2) is 0 Å². The van der Waals surface area contributed by atoms with Gasteiger partial charge in [-0.05, 0) is 86.2 Å². The lowest BCUT2D eigenvalue weighted by Crippen LogP contribution is -2.17. The monoisotopic (exact) mass is 431 g/mol. The predicted molar refractivity (Wildman–Crippen MR) is 135 cm³/mol. The third-order valence-electron chi connectivity index (χ3n) is 4.83. The largest absolute Gasteiger partial charge is 0.489 e. The molecular formula is C28H33NOS. The Morgan fingerprint density at radius 2 is 1.90 bits per heavy atom. The van der Waals surface area contributed by atoms with Crippen LogP contribution in [-0.2, 0) is 13.2 Å². The third kappa shape index (κ3) is 8.32. The lowest BCUT2D eigenvalue weighted by Gasteiger charge is -2.15. The third-order valence-corrected chi connectivity index (χ3v) is 5.73. The van der Waals surface area contributed by atoms with Gasteiger partial charge in [0.25, 0.3) is 0 Å². The van der Waals surface area contributed by atoms with Crippen LogP contribution >= 0.6 is 11.8 Å². The van der Waals surface area contributed by atoms with Crippen LogP contribution in [0.15, 0.2) is 66.1 Å². The molecule has 0 saturated carbocycles. The van der Waals surface area contributed by atoms with Gasteiger partial charge in [-0.2, -0.15) is 0 Å². The maximum absolute atomic E-state index is 6.10. The van der Waals surface area contributed by atoms with E-state index in [1.165, 1.54) is 28.0 Å². The standard InChI is InChI=1S/C28H33NOS/c1-28(2,3)15-6-5-7-16-29(4)20-23-10-9-13-27(19-23)30-21-24-11-8-12-25(18-24)26-14-17-31-22-26/h5,7-13,18-19,22H,14,16-17,20-21H2,1-4H3/b7-5+. The van der Waals surface area contributed by atoms with E-state index in [9.17, 15) is 0 Å². The van der Waals surface area contributed by atoms with Gasteiger partial charge in [0.05, 0.1) is 0 Å². The first kappa shape index (κ1) is 23.3. The summed E-state index contributed by atoms with van der Waals surface area (Å²) in [4.78, 5) is 2.27. The summed E-state index contributed by atoms with van der Waals surface area (Å²) in [5.41, 5.74) is 5.26. The van der Waals surface area contributed by atoms with Gasteiger partial charge in [0.1, 0.15) is 12.4 Å². The van der Waals surface area contributed by atoms with Crippen LogP contribution in [0.4, 0.5) is 0 Å². The molecule has 0 fully saturated rings. The van der Waals surface area contributed by atoms with Crippen molar-refractivity contribution >= 4 is 17.3 Å². The predicted octanol–water partition coefficient (Wildman–Crippen LogP) is 6.78. The molecule has 2 aromatic carbocycles. The van der Waals surface area contributed by atoms with E-state index in [0.29, 0.717) is 6.61 Å². The van der Waals surface area contributed by atoms with Crippen molar-refractivity contribution in [3.05, 3.63) is 82.8 Å². The minimum atomic E-state index is 0.0465. The Kier molecular flexibility index (Phi) is 8.46. The molecule has 0 aromatic heterocycles. The summed E-state index contributed by atoms with van der Waals surface area (Å²) in [5.74, 6) is 8.46. The zero-order chi connectivity index (χ0) is 22.1. The highest BCUT2D eigenvalue weighted by Gasteiger charge is 2.08. The number of allylic oxidation sites excluding steroid dienone is 2. The van der Waals surface area contributed by atoms with E-state index < -0.39 is 0 Å². The number of likely N-dealkylation sites (N-methyl/N-ethyl adjacent to an activating group) is 1. The summed E-state index contributed by atoms with van der Waals surface area (Å²) in [6, 6.07) is 17.1. The van der Waals surface area contributed by atoms with E-state index in [0.717, 1.165) is 25.3 Å². The molecule has 1 aliphatic heterocycles. The van der Waals surface area contributed by atoms with Crippen LogP contribution in [0.25, 0.3) is 5.57 Å². The second-order valence-electron chi connectivity index (χ2n) is 9.02. The van der Waals surface area contributed by atoms with E-state index >= 15 is 0 Å². The van der Waals surface area contributed by atoms with Crippen LogP contribution in [-0.4, -0.2) is 24.2 Å². The molecule has 1 aliphatic rings. The van der Waals surface area contributed by atoms with E-state index in [1.54, 1.807) is 0 Å². The highest BCUT2D eigenvalue weighted by atomic mass is 32.2. The van der Waals surface area contributed by atoms with Gasteiger partial charge in [0, 0.05) is 24.3 Å². The minimum Gasteiger partial charge on any atom is -0.489 e. The molecule has 0 N–H and O–H groups in total. The molecule has 0 saturated heterocycles. The normalized spacial score (nSPS) is 13.9. The van der Waals surface area contributed by atoms with Crippen molar-refractivity contribution < 1.29 is 4.74 Å². The number of ether oxygens (including phenoxy) is 1. The van der Waals surface area contributed by atoms with Crippen LogP contribution in [0.2, 0.25) is 0 Å². The molecule has 162 valence electrons. The molecule has 0 spiro atoms. The Hall–Kier alpha value is -2.41. The summed E-state index contributed by atoms with van der Waals surface area (Å²) in [5, 5.41) is 2.28. The van der Waals surface area contributed by atoms with Crippen molar-refractivity contribution in [1.29, 1.82) is 0 Å². The van der Waals surface area contributed by atoms with E-state index in [2.05, 4.69) is 98.5 Å². The zero-order valence-electron chi connectivity index (χ0n) is 19.2. The van der Waals surface area contributed by atoms with Crippen molar-refractivity contribution in [2.45, 2.75) is 40.3 Å². The first-order valence-corrected chi connectivity index (χ1v) is 11.9. The molecular weight excluding hydrogens is 398 g/mol. The summed E-state index contributed by atoms with van der Waals surface area (Å²) in [6.45, 7) is 8.69. The van der Waals surface area contributed by atoms with Crippen LogP contribution in [0.5, 0.6) is 5.75 Å². The number of nitrogens with zero attached hydrogens (tertiary/aromatic N) is 1. The molecule has 31 heavy (non-hydrogen) atoms. The Labute approximate surface area is 192 Å². The van der Waals surface area contributed by atoms with Crippen molar-refractivity contribution in [2.75, 3.05) is 19.3 Å². The first-order chi connectivity index (χ1) is 14.9. The molecule has 1 heterocycles. The molecule has 3 heteroatoms. The highest BCUT2D eigenvalue weighted by Crippen LogP contribution is 2.30. The van der Waals surface area contributed by atoms with Gasteiger partial charge in [-0.3, -0.25) is 4.90 Å². The Morgan fingerprint density at radius 3 is 2.68 bits per heavy atom. The lowest BCUT2D eigenvalue weighted by molar-refractivity contribution is 0.304. The number of hydrogen-bond donors (Lipinski definition) is 0. The summed E-state index contributed by atoms with van der Waals surface area (Å²) in [6.07, 6.45) is 5.23. The highest BCUT2D eigenvalue weighted by molar-refractivity contribution is 8.02. The van der Waals surface area contributed by atoms with E-state index in [-0.39, 0.29) is 5.41 Å². The number of hydrogen-bond acceptors (Lipinski definition) is 3. The van der Waals surface area contributed by atoms with Crippen molar-refractivity contribution in [3.63, 3.8) is 0 Å².